The fraction of sp³-hybridized carbons (Fsp3) is 0.200. The van der Waals surface area contributed by atoms with Gasteiger partial charge in [0.2, 0.25) is 0 Å². The third-order valence-corrected chi connectivity index (χ3v) is 3.84. The molecule has 2 rings (SSSR count). The van der Waals surface area contributed by atoms with Gasteiger partial charge in [-0.3, -0.25) is 0 Å². The van der Waals surface area contributed by atoms with Crippen molar-refractivity contribution in [1.82, 2.24) is 0 Å². The summed E-state index contributed by atoms with van der Waals surface area (Å²) in [7, 11) is 0. The van der Waals surface area contributed by atoms with E-state index in [1.165, 1.54) is 4.90 Å². The predicted octanol–water partition coefficient (Wildman–Crippen LogP) is 3.97. The van der Waals surface area contributed by atoms with Crippen molar-refractivity contribution >= 4 is 23.4 Å². The molecule has 2 aromatic rings. The summed E-state index contributed by atoms with van der Waals surface area (Å²) in [6, 6.07) is 15.7. The lowest BCUT2D eigenvalue weighted by atomic mass is 10.2. The minimum Gasteiger partial charge on any atom is -0.492 e. The lowest BCUT2D eigenvalue weighted by Crippen LogP contribution is -2.05. The molecule has 100 valence electrons. The van der Waals surface area contributed by atoms with E-state index in [4.69, 9.17) is 22.1 Å². The van der Waals surface area contributed by atoms with Crippen molar-refractivity contribution < 1.29 is 4.74 Å². The molecule has 0 bridgehead atoms. The van der Waals surface area contributed by atoms with Crippen LogP contribution in [0.5, 0.6) is 5.75 Å². The number of rotatable bonds is 6. The second-order valence-corrected chi connectivity index (χ2v) is 5.57. The Morgan fingerprint density at radius 2 is 1.79 bits per heavy atom. The van der Waals surface area contributed by atoms with Gasteiger partial charge in [-0.1, -0.05) is 29.8 Å². The molecule has 19 heavy (non-hydrogen) atoms. The van der Waals surface area contributed by atoms with E-state index in [9.17, 15) is 0 Å². The third kappa shape index (κ3) is 4.46. The highest BCUT2D eigenvalue weighted by Gasteiger charge is 2.01. The van der Waals surface area contributed by atoms with Gasteiger partial charge in [-0.15, -0.1) is 11.8 Å². The lowest BCUT2D eigenvalue weighted by molar-refractivity contribution is 0.340. The zero-order valence-corrected chi connectivity index (χ0v) is 12.1. The van der Waals surface area contributed by atoms with Crippen molar-refractivity contribution in [2.24, 2.45) is 5.73 Å². The van der Waals surface area contributed by atoms with Crippen molar-refractivity contribution in [3.8, 4) is 5.75 Å². The maximum atomic E-state index is 5.84. The number of para-hydroxylation sites is 1. The Morgan fingerprint density at radius 3 is 2.53 bits per heavy atom. The maximum Gasteiger partial charge on any atom is 0.123 e. The van der Waals surface area contributed by atoms with Gasteiger partial charge in [0.05, 0.1) is 6.61 Å². The summed E-state index contributed by atoms with van der Waals surface area (Å²) in [6.07, 6.45) is 0. The molecule has 0 spiro atoms. The van der Waals surface area contributed by atoms with Crippen molar-refractivity contribution in [3.63, 3.8) is 0 Å². The number of ether oxygens (including phenoxy) is 1. The van der Waals surface area contributed by atoms with E-state index in [1.54, 1.807) is 11.8 Å². The highest BCUT2D eigenvalue weighted by molar-refractivity contribution is 7.99. The Labute approximate surface area is 122 Å². The summed E-state index contributed by atoms with van der Waals surface area (Å²) in [6.45, 7) is 1.16. The molecule has 0 heterocycles. The second kappa shape index (κ2) is 7.43. The van der Waals surface area contributed by atoms with Crippen LogP contribution >= 0.6 is 23.4 Å². The molecule has 0 aromatic heterocycles. The summed E-state index contributed by atoms with van der Waals surface area (Å²) < 4.78 is 5.75. The zero-order valence-electron chi connectivity index (χ0n) is 10.5. The zero-order chi connectivity index (χ0) is 13.5. The molecule has 4 heteroatoms. The maximum absolute atomic E-state index is 5.84. The quantitative estimate of drug-likeness (QED) is 0.646. The van der Waals surface area contributed by atoms with E-state index in [0.717, 1.165) is 22.1 Å². The molecule has 2 aromatic carbocycles. The number of halogens is 1. The van der Waals surface area contributed by atoms with Crippen LogP contribution in [0.1, 0.15) is 5.56 Å². The average molecular weight is 294 g/mol. The van der Waals surface area contributed by atoms with E-state index >= 15 is 0 Å². The molecule has 0 aliphatic heterocycles. The summed E-state index contributed by atoms with van der Waals surface area (Å²) >= 11 is 7.59. The number of thioether (sulfide) groups is 1. The molecule has 0 amide bonds. The third-order valence-electron chi connectivity index (χ3n) is 2.62. The minimum absolute atomic E-state index is 0.500. The van der Waals surface area contributed by atoms with Gasteiger partial charge in [0.1, 0.15) is 5.75 Å². The largest absolute Gasteiger partial charge is 0.492 e. The van der Waals surface area contributed by atoms with Crippen LogP contribution in [-0.4, -0.2) is 12.4 Å². The average Bonchev–Trinajstić information content (AvgIpc) is 2.46. The van der Waals surface area contributed by atoms with Crippen LogP contribution in [0.4, 0.5) is 0 Å². The standard InChI is InChI=1S/C15H16ClNOS/c16-13-5-7-14(8-6-13)19-10-9-18-15-4-2-1-3-12(15)11-17/h1-8H,9-11,17H2. The molecule has 2 nitrogen and oxygen atoms in total. The Bertz CT molecular complexity index is 516. The molecule has 0 radical (unpaired) electrons. The molecule has 0 saturated carbocycles. The topological polar surface area (TPSA) is 35.2 Å². The van der Waals surface area contributed by atoms with Crippen molar-refractivity contribution in [2.45, 2.75) is 11.4 Å². The first-order chi connectivity index (χ1) is 9.29. The van der Waals surface area contributed by atoms with Crippen molar-refractivity contribution in [3.05, 3.63) is 59.1 Å². The van der Waals surface area contributed by atoms with Gasteiger partial charge in [0.25, 0.3) is 0 Å². The van der Waals surface area contributed by atoms with Gasteiger partial charge in [-0.25, -0.2) is 0 Å². The highest BCUT2D eigenvalue weighted by atomic mass is 35.5. The smallest absolute Gasteiger partial charge is 0.123 e. The number of hydrogen-bond donors (Lipinski definition) is 1. The summed E-state index contributed by atoms with van der Waals surface area (Å²) in [5.74, 6) is 1.77. The van der Waals surface area contributed by atoms with Crippen LogP contribution in [0.3, 0.4) is 0 Å². The summed E-state index contributed by atoms with van der Waals surface area (Å²) in [5.41, 5.74) is 6.70. The van der Waals surface area contributed by atoms with Crippen LogP contribution in [-0.2, 0) is 6.54 Å². The molecule has 2 N–H and O–H groups in total. The Kier molecular flexibility index (Phi) is 5.58. The molecule has 0 aliphatic rings. The normalized spacial score (nSPS) is 10.4. The summed E-state index contributed by atoms with van der Waals surface area (Å²) in [5, 5.41) is 0.762. The van der Waals surface area contributed by atoms with Crippen LogP contribution in [0.25, 0.3) is 0 Å². The molecular formula is C15H16ClNOS. The van der Waals surface area contributed by atoms with Gasteiger partial charge in [-0.2, -0.15) is 0 Å². The van der Waals surface area contributed by atoms with Crippen molar-refractivity contribution in [2.75, 3.05) is 12.4 Å². The fourth-order valence-electron chi connectivity index (χ4n) is 1.66. The minimum atomic E-state index is 0.500. The van der Waals surface area contributed by atoms with Gasteiger partial charge in [0.15, 0.2) is 0 Å². The first kappa shape index (κ1) is 14.3. The summed E-state index contributed by atoms with van der Waals surface area (Å²) in [4.78, 5) is 1.19. The predicted molar refractivity (Wildman–Crippen MR) is 82.0 cm³/mol. The Balaban J connectivity index is 1.79. The first-order valence-electron chi connectivity index (χ1n) is 6.09. The van der Waals surface area contributed by atoms with E-state index in [2.05, 4.69) is 0 Å². The number of hydrogen-bond acceptors (Lipinski definition) is 3. The van der Waals surface area contributed by atoms with Gasteiger partial charge in [-0.05, 0) is 30.3 Å². The molecular weight excluding hydrogens is 278 g/mol. The van der Waals surface area contributed by atoms with Crippen LogP contribution in [0.15, 0.2) is 53.4 Å². The molecule has 0 fully saturated rings. The van der Waals surface area contributed by atoms with E-state index in [0.29, 0.717) is 13.2 Å². The SMILES string of the molecule is NCc1ccccc1OCCSc1ccc(Cl)cc1. The number of nitrogens with two attached hydrogens (primary N) is 1. The molecule has 0 saturated heterocycles. The monoisotopic (exact) mass is 293 g/mol. The van der Waals surface area contributed by atoms with Gasteiger partial charge in [0, 0.05) is 27.8 Å². The number of benzene rings is 2. The molecule has 0 aliphatic carbocycles. The van der Waals surface area contributed by atoms with Crippen molar-refractivity contribution in [1.29, 1.82) is 0 Å². The van der Waals surface area contributed by atoms with Crippen LogP contribution in [0.2, 0.25) is 5.02 Å². The Morgan fingerprint density at radius 1 is 1.05 bits per heavy atom. The van der Waals surface area contributed by atoms with E-state index < -0.39 is 0 Å². The van der Waals surface area contributed by atoms with Gasteiger partial charge >= 0.3 is 0 Å². The highest BCUT2D eigenvalue weighted by Crippen LogP contribution is 2.21. The first-order valence-corrected chi connectivity index (χ1v) is 7.45. The molecule has 0 unspecified atom stereocenters. The van der Waals surface area contributed by atoms with Crippen LogP contribution < -0.4 is 10.5 Å². The van der Waals surface area contributed by atoms with Crippen LogP contribution in [0, 0.1) is 0 Å². The molecule has 0 atom stereocenters. The second-order valence-electron chi connectivity index (χ2n) is 3.96. The van der Waals surface area contributed by atoms with E-state index in [1.807, 2.05) is 48.5 Å². The van der Waals surface area contributed by atoms with E-state index in [-0.39, 0.29) is 0 Å². The lowest BCUT2D eigenvalue weighted by Gasteiger charge is -2.09. The van der Waals surface area contributed by atoms with Gasteiger partial charge < -0.3 is 10.5 Å². The Hall–Kier alpha value is -1.16. The fourth-order valence-corrected chi connectivity index (χ4v) is 2.51.